The van der Waals surface area contributed by atoms with Crippen molar-refractivity contribution in [1.29, 1.82) is 0 Å². The van der Waals surface area contributed by atoms with Crippen LogP contribution in [-0.4, -0.2) is 97.5 Å². The molecule has 0 saturated carbocycles. The highest BCUT2D eigenvalue weighted by Crippen LogP contribution is 2.44. The lowest BCUT2D eigenvalue weighted by molar-refractivity contribution is -0.137. The van der Waals surface area contributed by atoms with Crippen molar-refractivity contribution in [3.8, 4) is 17.3 Å². The van der Waals surface area contributed by atoms with Crippen molar-refractivity contribution >= 4 is 51.8 Å². The molecule has 1 aromatic carbocycles. The molecular weight excluding hydrogens is 679 g/mol. The fraction of sp³-hybridized carbons (Fsp3) is 0.467. The zero-order valence-electron chi connectivity index (χ0n) is 26.2. The van der Waals surface area contributed by atoms with Gasteiger partial charge < -0.3 is 25.2 Å². The number of fused-ring (bicyclic) bond motifs is 1. The van der Waals surface area contributed by atoms with E-state index < -0.39 is 34.8 Å². The highest BCUT2D eigenvalue weighted by atomic mass is 35.5. The quantitative estimate of drug-likeness (QED) is 0.206. The van der Waals surface area contributed by atoms with E-state index in [1.807, 2.05) is 18.9 Å². The number of aromatic nitrogens is 6. The molecule has 2 aliphatic heterocycles. The third-order valence-electron chi connectivity index (χ3n) is 8.70. The number of piperazine rings is 1. The Labute approximate surface area is 282 Å². The molecule has 0 spiro atoms. The summed E-state index contributed by atoms with van der Waals surface area (Å²) in [5, 5.41) is 3.90. The van der Waals surface area contributed by atoms with Crippen LogP contribution < -0.4 is 15.4 Å². The first-order chi connectivity index (χ1) is 22.8. The first-order valence-corrected chi connectivity index (χ1v) is 16.1. The van der Waals surface area contributed by atoms with Gasteiger partial charge in [-0.2, -0.15) is 27.8 Å². The molecule has 256 valence electrons. The molecule has 1 amide bonds. The van der Waals surface area contributed by atoms with Crippen molar-refractivity contribution in [2.45, 2.75) is 50.8 Å². The maximum Gasteiger partial charge on any atom is 0.418 e. The van der Waals surface area contributed by atoms with Crippen molar-refractivity contribution in [1.82, 2.24) is 39.5 Å². The first kappa shape index (κ1) is 33.9. The van der Waals surface area contributed by atoms with Gasteiger partial charge in [-0.15, -0.1) is 16.7 Å². The summed E-state index contributed by atoms with van der Waals surface area (Å²) in [6, 6.07) is 1.56. The van der Waals surface area contributed by atoms with Gasteiger partial charge in [0.05, 0.1) is 27.7 Å². The van der Waals surface area contributed by atoms with Gasteiger partial charge in [0.15, 0.2) is 11.6 Å². The number of nitrogens with zero attached hydrogens (tertiary/aromatic N) is 9. The van der Waals surface area contributed by atoms with Crippen molar-refractivity contribution < 1.29 is 27.1 Å². The van der Waals surface area contributed by atoms with Crippen LogP contribution in [0.5, 0.6) is 6.01 Å². The molecule has 0 radical (unpaired) electrons. The van der Waals surface area contributed by atoms with Crippen LogP contribution in [0.1, 0.15) is 36.7 Å². The summed E-state index contributed by atoms with van der Waals surface area (Å²) in [7, 11) is 1.97. The average Bonchev–Trinajstić information content (AvgIpc) is 3.67. The lowest BCUT2D eigenvalue weighted by atomic mass is 9.99. The Balaban J connectivity index is 1.44. The molecule has 48 heavy (non-hydrogen) atoms. The molecule has 2 atom stereocenters. The molecular formula is C30H32Cl2F4N10O2. The van der Waals surface area contributed by atoms with Gasteiger partial charge in [-0.25, -0.2) is 19.2 Å². The number of aryl methyl sites for hydroxylation is 1. The number of pyridine rings is 1. The first-order valence-electron chi connectivity index (χ1n) is 15.2. The summed E-state index contributed by atoms with van der Waals surface area (Å²) in [6.07, 6.45) is -1.71. The fourth-order valence-corrected chi connectivity index (χ4v) is 6.70. The summed E-state index contributed by atoms with van der Waals surface area (Å²) >= 11 is 12.4. The standard InChI is InChI=1S/C30H32Cl2F4N10O2/c1-15-9-20(37)39-26(23(15)30(34,35)36)22-19(32)10-18-25(24(22)33)40-28(48-13-17-5-4-6-43(17)3)41-27(18)45-8-7-44(12-16(45)2)29(47)46-14-38-21(11-31)42-46/h9-10,14,16-17H,4-8,11-13H2,1-3H3,(H2,37,39)/t16-,17-/m0/s1. The maximum absolute atomic E-state index is 16.7. The van der Waals surface area contributed by atoms with Gasteiger partial charge in [-0.1, -0.05) is 11.6 Å². The Morgan fingerprint density at radius 1 is 1.17 bits per heavy atom. The second-order valence-corrected chi connectivity index (χ2v) is 12.6. The molecule has 6 rings (SSSR count). The Bertz CT molecular complexity index is 1870. The minimum Gasteiger partial charge on any atom is -0.462 e. The molecule has 12 nitrogen and oxygen atoms in total. The van der Waals surface area contributed by atoms with E-state index >= 15 is 4.39 Å². The normalized spacial score (nSPS) is 19.0. The highest BCUT2D eigenvalue weighted by molar-refractivity contribution is 6.34. The van der Waals surface area contributed by atoms with E-state index in [-0.39, 0.29) is 83.3 Å². The molecule has 4 aromatic rings. The molecule has 0 bridgehead atoms. The van der Waals surface area contributed by atoms with Gasteiger partial charge in [-0.3, -0.25) is 0 Å². The molecule has 0 unspecified atom stereocenters. The predicted octanol–water partition coefficient (Wildman–Crippen LogP) is 5.38. The van der Waals surface area contributed by atoms with Crippen molar-refractivity contribution in [2.24, 2.45) is 0 Å². The van der Waals surface area contributed by atoms with E-state index in [9.17, 15) is 18.0 Å². The van der Waals surface area contributed by atoms with Crippen molar-refractivity contribution in [3.05, 3.63) is 46.3 Å². The largest absolute Gasteiger partial charge is 0.462 e. The Kier molecular flexibility index (Phi) is 9.26. The van der Waals surface area contributed by atoms with Crippen LogP contribution in [0, 0.1) is 12.7 Å². The third-order valence-corrected chi connectivity index (χ3v) is 9.24. The Hall–Kier alpha value is -4.02. The number of rotatable bonds is 6. The van der Waals surface area contributed by atoms with E-state index in [4.69, 9.17) is 33.7 Å². The van der Waals surface area contributed by atoms with Crippen LogP contribution in [0.2, 0.25) is 5.02 Å². The van der Waals surface area contributed by atoms with E-state index in [0.717, 1.165) is 30.1 Å². The lowest BCUT2D eigenvalue weighted by Crippen LogP contribution is -2.55. The number of amides is 1. The number of benzene rings is 1. The van der Waals surface area contributed by atoms with Crippen LogP contribution in [-0.2, 0) is 12.1 Å². The number of carbonyl (C=O) groups excluding carboxylic acids is 1. The number of hydrogen-bond acceptors (Lipinski definition) is 10. The van der Waals surface area contributed by atoms with Crippen LogP contribution in [0.25, 0.3) is 22.2 Å². The minimum absolute atomic E-state index is 0.0539. The van der Waals surface area contributed by atoms with Gasteiger partial charge >= 0.3 is 18.2 Å². The van der Waals surface area contributed by atoms with Crippen molar-refractivity contribution in [3.63, 3.8) is 0 Å². The van der Waals surface area contributed by atoms with Gasteiger partial charge in [-0.05, 0) is 58.0 Å². The van der Waals surface area contributed by atoms with Gasteiger partial charge in [0, 0.05) is 37.1 Å². The molecule has 5 heterocycles. The number of carbonyl (C=O) groups is 1. The second-order valence-electron chi connectivity index (χ2n) is 12.0. The van der Waals surface area contributed by atoms with Crippen LogP contribution in [0.15, 0.2) is 18.5 Å². The van der Waals surface area contributed by atoms with Gasteiger partial charge in [0.1, 0.15) is 30.1 Å². The number of alkyl halides is 4. The summed E-state index contributed by atoms with van der Waals surface area (Å²) in [4.78, 5) is 35.6. The molecule has 3 aromatic heterocycles. The highest BCUT2D eigenvalue weighted by Gasteiger charge is 2.39. The topological polar surface area (TPSA) is 131 Å². The SMILES string of the molecule is Cc1cc(N)nc(-c2c(Cl)cc3c(N4CCN(C(=O)n5cnc(CCl)n5)C[C@@H]4C)nc(OC[C@@H]4CCCN4C)nc3c2F)c1C(F)(F)F. The van der Waals surface area contributed by atoms with Gasteiger partial charge in [0.25, 0.3) is 0 Å². The van der Waals surface area contributed by atoms with E-state index in [0.29, 0.717) is 5.82 Å². The Morgan fingerprint density at radius 3 is 2.58 bits per heavy atom. The molecule has 0 aliphatic carbocycles. The summed E-state index contributed by atoms with van der Waals surface area (Å²) in [6.45, 7) is 4.92. The minimum atomic E-state index is -4.88. The smallest absolute Gasteiger partial charge is 0.418 e. The number of halogens is 6. The van der Waals surface area contributed by atoms with Crippen LogP contribution >= 0.6 is 23.2 Å². The summed E-state index contributed by atoms with van der Waals surface area (Å²) < 4.78 is 66.6. The van der Waals surface area contributed by atoms with E-state index in [1.165, 1.54) is 19.3 Å². The number of nitrogen functional groups attached to an aromatic ring is 1. The number of anilines is 2. The second kappa shape index (κ2) is 13.1. The van der Waals surface area contributed by atoms with Crippen LogP contribution in [0.4, 0.5) is 34.0 Å². The fourth-order valence-electron chi connectivity index (χ4n) is 6.30. The number of nitrogens with two attached hydrogens (primary N) is 1. The zero-order chi connectivity index (χ0) is 34.5. The molecule has 2 N–H and O–H groups in total. The van der Waals surface area contributed by atoms with Crippen LogP contribution in [0.3, 0.4) is 0 Å². The summed E-state index contributed by atoms with van der Waals surface area (Å²) in [5.74, 6) is -0.748. The van der Waals surface area contributed by atoms with E-state index in [2.05, 4.69) is 29.9 Å². The molecule has 2 aliphatic rings. The lowest BCUT2D eigenvalue weighted by Gasteiger charge is -2.40. The monoisotopic (exact) mass is 710 g/mol. The number of ether oxygens (including phenoxy) is 1. The third kappa shape index (κ3) is 6.40. The Morgan fingerprint density at radius 2 is 1.94 bits per heavy atom. The average molecular weight is 712 g/mol. The zero-order valence-corrected chi connectivity index (χ0v) is 27.7. The molecule has 18 heteroatoms. The van der Waals surface area contributed by atoms with Crippen molar-refractivity contribution in [2.75, 3.05) is 50.5 Å². The van der Waals surface area contributed by atoms with Gasteiger partial charge in [0.2, 0.25) is 0 Å². The number of likely N-dealkylation sites (N-methyl/N-ethyl adjacent to an activating group) is 1. The number of hydrogen-bond donors (Lipinski definition) is 1. The summed E-state index contributed by atoms with van der Waals surface area (Å²) in [5.41, 5.74) is 2.79. The predicted molar refractivity (Wildman–Crippen MR) is 172 cm³/mol. The molecule has 2 saturated heterocycles. The maximum atomic E-state index is 16.7. The number of likely N-dealkylation sites (tertiary alicyclic amines) is 1. The molecule has 2 fully saturated rings. The van der Waals surface area contributed by atoms with E-state index in [1.54, 1.807) is 4.90 Å².